The molecular formula is C19H19N3O3. The van der Waals surface area contributed by atoms with Crippen molar-refractivity contribution in [2.75, 3.05) is 11.9 Å². The number of carbonyl (C=O) groups is 1. The van der Waals surface area contributed by atoms with Gasteiger partial charge in [0.25, 0.3) is 0 Å². The van der Waals surface area contributed by atoms with Crippen LogP contribution in [0, 0.1) is 6.92 Å². The maximum atomic E-state index is 11.2. The summed E-state index contributed by atoms with van der Waals surface area (Å²) in [5.74, 6) is -0.681. The van der Waals surface area contributed by atoms with Gasteiger partial charge in [-0.25, -0.2) is 9.78 Å². The molecule has 0 saturated carbocycles. The van der Waals surface area contributed by atoms with Gasteiger partial charge in [-0.2, -0.15) is 0 Å². The number of aromatic carboxylic acids is 1. The van der Waals surface area contributed by atoms with Crippen molar-refractivity contribution in [3.05, 3.63) is 71.7 Å². The first-order valence-corrected chi connectivity index (χ1v) is 7.82. The normalized spacial score (nSPS) is 10.6. The first-order valence-electron chi connectivity index (χ1n) is 7.82. The summed E-state index contributed by atoms with van der Waals surface area (Å²) in [5.41, 5.74) is 2.60. The molecule has 0 saturated heterocycles. The molecule has 6 nitrogen and oxygen atoms in total. The molecule has 25 heavy (non-hydrogen) atoms. The van der Waals surface area contributed by atoms with E-state index >= 15 is 0 Å². The van der Waals surface area contributed by atoms with Crippen molar-refractivity contribution in [2.24, 2.45) is 0 Å². The summed E-state index contributed by atoms with van der Waals surface area (Å²) >= 11 is 0. The molecule has 6 heteroatoms. The Kier molecular flexibility index (Phi) is 4.43. The quantitative estimate of drug-likeness (QED) is 0.746. The minimum absolute atomic E-state index is 0.131. The summed E-state index contributed by atoms with van der Waals surface area (Å²) in [5, 5.41) is 19.5. The molecule has 2 aromatic carbocycles. The average Bonchev–Trinajstić information content (AvgIpc) is 3.04. The summed E-state index contributed by atoms with van der Waals surface area (Å²) in [4.78, 5) is 17.1. The molecule has 0 fully saturated rings. The number of aryl methyl sites for hydroxylation is 1. The van der Waals surface area contributed by atoms with E-state index < -0.39 is 5.97 Å². The van der Waals surface area contributed by atoms with Crippen molar-refractivity contribution in [3.63, 3.8) is 0 Å². The lowest BCUT2D eigenvalue weighted by Gasteiger charge is -2.22. The van der Waals surface area contributed by atoms with Crippen LogP contribution >= 0.6 is 0 Å². The lowest BCUT2D eigenvalue weighted by Crippen LogP contribution is -2.15. The van der Waals surface area contributed by atoms with Crippen molar-refractivity contribution >= 4 is 17.5 Å². The standard InChI is InChI=1S/C19H19N3O3/c1-13-6-8-14(9-7-13)11-22-12-20-10-17(22)21(2)16-5-3-4-15(18(16)23)19(24)25/h3-10,12,23H,11H2,1-2H3,(H,24,25). The minimum atomic E-state index is -1.17. The highest BCUT2D eigenvalue weighted by Crippen LogP contribution is 2.34. The molecule has 2 N–H and O–H groups in total. The monoisotopic (exact) mass is 337 g/mol. The number of anilines is 2. The van der Waals surface area contributed by atoms with Crippen LogP contribution in [0.15, 0.2) is 55.0 Å². The third-order valence-corrected chi connectivity index (χ3v) is 4.11. The summed E-state index contributed by atoms with van der Waals surface area (Å²) in [6.45, 7) is 2.66. The van der Waals surface area contributed by atoms with Crippen molar-refractivity contribution < 1.29 is 15.0 Å². The fourth-order valence-electron chi connectivity index (χ4n) is 2.70. The molecule has 0 spiro atoms. The number of aromatic hydroxyl groups is 1. The fraction of sp³-hybridized carbons (Fsp3) is 0.158. The fourth-order valence-corrected chi connectivity index (χ4v) is 2.70. The Morgan fingerprint density at radius 3 is 2.60 bits per heavy atom. The van der Waals surface area contributed by atoms with Gasteiger partial charge in [0, 0.05) is 7.05 Å². The van der Waals surface area contributed by atoms with Crippen LogP contribution in [-0.2, 0) is 6.54 Å². The molecule has 3 rings (SSSR count). The van der Waals surface area contributed by atoms with E-state index in [0.717, 1.165) is 11.4 Å². The Hall–Kier alpha value is -3.28. The number of carboxylic acids is 1. The maximum Gasteiger partial charge on any atom is 0.339 e. The molecule has 3 aromatic rings. The summed E-state index contributed by atoms with van der Waals surface area (Å²) < 4.78 is 1.94. The zero-order chi connectivity index (χ0) is 18.0. The number of aromatic nitrogens is 2. The van der Waals surface area contributed by atoms with Gasteiger partial charge in [0.1, 0.15) is 11.4 Å². The van der Waals surface area contributed by atoms with E-state index in [1.165, 1.54) is 11.6 Å². The van der Waals surface area contributed by atoms with Gasteiger partial charge in [-0.3, -0.25) is 0 Å². The largest absolute Gasteiger partial charge is 0.505 e. The number of carboxylic acid groups (broad SMARTS) is 1. The second kappa shape index (κ2) is 6.68. The number of para-hydroxylation sites is 1. The van der Waals surface area contributed by atoms with Crippen LogP contribution in [0.3, 0.4) is 0 Å². The van der Waals surface area contributed by atoms with E-state index in [0.29, 0.717) is 12.2 Å². The van der Waals surface area contributed by atoms with Crippen molar-refractivity contribution in [1.29, 1.82) is 0 Å². The molecule has 0 unspecified atom stereocenters. The maximum absolute atomic E-state index is 11.2. The molecule has 1 heterocycles. The van der Waals surface area contributed by atoms with Crippen molar-refractivity contribution in [3.8, 4) is 5.75 Å². The van der Waals surface area contributed by atoms with Gasteiger partial charge in [-0.15, -0.1) is 0 Å². The number of benzene rings is 2. The van der Waals surface area contributed by atoms with E-state index in [9.17, 15) is 15.0 Å². The van der Waals surface area contributed by atoms with E-state index in [4.69, 9.17) is 0 Å². The second-order valence-electron chi connectivity index (χ2n) is 5.90. The number of imidazole rings is 1. The molecule has 0 aliphatic carbocycles. The molecule has 128 valence electrons. The van der Waals surface area contributed by atoms with Crippen molar-refractivity contribution in [1.82, 2.24) is 9.55 Å². The van der Waals surface area contributed by atoms with Gasteiger partial charge in [-0.05, 0) is 24.6 Å². The highest BCUT2D eigenvalue weighted by molar-refractivity contribution is 5.93. The minimum Gasteiger partial charge on any atom is -0.505 e. The lowest BCUT2D eigenvalue weighted by atomic mass is 10.1. The topological polar surface area (TPSA) is 78.6 Å². The number of rotatable bonds is 5. The Balaban J connectivity index is 1.93. The van der Waals surface area contributed by atoms with E-state index in [1.54, 1.807) is 36.6 Å². The van der Waals surface area contributed by atoms with Crippen LogP contribution in [0.1, 0.15) is 21.5 Å². The Labute approximate surface area is 145 Å². The number of hydrogen-bond acceptors (Lipinski definition) is 4. The summed E-state index contributed by atoms with van der Waals surface area (Å²) in [7, 11) is 1.77. The van der Waals surface area contributed by atoms with Crippen LogP contribution in [0.5, 0.6) is 5.75 Å². The van der Waals surface area contributed by atoms with E-state index in [-0.39, 0.29) is 11.3 Å². The smallest absolute Gasteiger partial charge is 0.339 e. The zero-order valence-electron chi connectivity index (χ0n) is 14.0. The highest BCUT2D eigenvalue weighted by Gasteiger charge is 2.18. The highest BCUT2D eigenvalue weighted by atomic mass is 16.4. The van der Waals surface area contributed by atoms with Gasteiger partial charge >= 0.3 is 5.97 Å². The van der Waals surface area contributed by atoms with Gasteiger partial charge in [-0.1, -0.05) is 35.9 Å². The Bertz CT molecular complexity index is 901. The zero-order valence-corrected chi connectivity index (χ0v) is 14.0. The number of hydrogen-bond donors (Lipinski definition) is 2. The van der Waals surface area contributed by atoms with Gasteiger partial charge in [0.05, 0.1) is 24.8 Å². The predicted molar refractivity (Wildman–Crippen MR) is 95.6 cm³/mol. The third kappa shape index (κ3) is 3.33. The summed E-state index contributed by atoms with van der Waals surface area (Å²) in [6, 6.07) is 12.9. The molecule has 0 amide bonds. The van der Waals surface area contributed by atoms with Crippen LogP contribution in [-0.4, -0.2) is 32.8 Å². The number of nitrogens with zero attached hydrogens (tertiary/aromatic N) is 3. The third-order valence-electron chi connectivity index (χ3n) is 4.11. The van der Waals surface area contributed by atoms with E-state index in [2.05, 4.69) is 29.2 Å². The predicted octanol–water partition coefficient (Wildman–Crippen LogP) is 3.41. The van der Waals surface area contributed by atoms with Crippen LogP contribution in [0.2, 0.25) is 0 Å². The second-order valence-corrected chi connectivity index (χ2v) is 5.90. The van der Waals surface area contributed by atoms with Crippen molar-refractivity contribution in [2.45, 2.75) is 13.5 Å². The lowest BCUT2D eigenvalue weighted by molar-refractivity contribution is 0.0694. The number of phenols is 1. The van der Waals surface area contributed by atoms with Gasteiger partial charge in [0.2, 0.25) is 0 Å². The van der Waals surface area contributed by atoms with Gasteiger partial charge in [0.15, 0.2) is 5.75 Å². The van der Waals surface area contributed by atoms with Crippen LogP contribution < -0.4 is 4.90 Å². The molecule has 0 aliphatic rings. The molecule has 1 aromatic heterocycles. The SMILES string of the molecule is Cc1ccc(Cn2cncc2N(C)c2cccc(C(=O)O)c2O)cc1. The molecule has 0 bridgehead atoms. The molecule has 0 aliphatic heterocycles. The van der Waals surface area contributed by atoms with E-state index in [1.807, 2.05) is 11.5 Å². The first-order chi connectivity index (χ1) is 12.0. The Morgan fingerprint density at radius 2 is 1.92 bits per heavy atom. The van der Waals surface area contributed by atoms with Crippen LogP contribution in [0.25, 0.3) is 0 Å². The first kappa shape index (κ1) is 16.6. The Morgan fingerprint density at radius 1 is 1.20 bits per heavy atom. The summed E-state index contributed by atoms with van der Waals surface area (Å²) in [6.07, 6.45) is 3.39. The van der Waals surface area contributed by atoms with Gasteiger partial charge < -0.3 is 19.7 Å². The molecule has 0 radical (unpaired) electrons. The molecule has 0 atom stereocenters. The average molecular weight is 337 g/mol. The molecular weight excluding hydrogens is 318 g/mol. The van der Waals surface area contributed by atoms with Crippen LogP contribution in [0.4, 0.5) is 11.5 Å².